The molecule has 0 amide bonds. The van der Waals surface area contributed by atoms with Crippen molar-refractivity contribution < 1.29 is 9.18 Å². The summed E-state index contributed by atoms with van der Waals surface area (Å²) in [6.45, 7) is 0.509. The molecular formula is C13H12ClFN2OS. The van der Waals surface area contributed by atoms with Crippen molar-refractivity contribution in [3.05, 3.63) is 50.7 Å². The van der Waals surface area contributed by atoms with Crippen LogP contribution in [0.2, 0.25) is 5.02 Å². The SMILES string of the molecule is NCCc1nc(C(=O)Cc2ccc(F)c(Cl)c2)cs1. The van der Waals surface area contributed by atoms with E-state index in [0.29, 0.717) is 24.2 Å². The van der Waals surface area contributed by atoms with Gasteiger partial charge in [-0.1, -0.05) is 17.7 Å². The Bertz CT molecular complexity index is 600. The summed E-state index contributed by atoms with van der Waals surface area (Å²) in [4.78, 5) is 16.2. The second kappa shape index (κ2) is 6.23. The highest BCUT2D eigenvalue weighted by molar-refractivity contribution is 7.09. The third kappa shape index (κ3) is 3.59. The molecule has 0 saturated heterocycles. The van der Waals surface area contributed by atoms with Gasteiger partial charge in [-0.05, 0) is 24.2 Å². The molecule has 0 fully saturated rings. The molecule has 6 heteroatoms. The van der Waals surface area contributed by atoms with Gasteiger partial charge < -0.3 is 5.73 Å². The van der Waals surface area contributed by atoms with Crippen LogP contribution in [0.15, 0.2) is 23.6 Å². The fourth-order valence-corrected chi connectivity index (χ4v) is 2.62. The van der Waals surface area contributed by atoms with Crippen LogP contribution in [0, 0.1) is 5.82 Å². The minimum Gasteiger partial charge on any atom is -0.330 e. The Kier molecular flexibility index (Phi) is 4.63. The van der Waals surface area contributed by atoms with E-state index in [-0.39, 0.29) is 17.2 Å². The third-order valence-corrected chi connectivity index (χ3v) is 3.74. The average molecular weight is 299 g/mol. The zero-order valence-corrected chi connectivity index (χ0v) is 11.6. The molecule has 0 aliphatic heterocycles. The van der Waals surface area contributed by atoms with E-state index >= 15 is 0 Å². The fourth-order valence-electron chi connectivity index (χ4n) is 1.60. The molecular weight excluding hydrogens is 287 g/mol. The summed E-state index contributed by atoms with van der Waals surface area (Å²) >= 11 is 7.10. The van der Waals surface area contributed by atoms with Gasteiger partial charge in [0.25, 0.3) is 0 Å². The molecule has 0 radical (unpaired) electrons. The molecule has 1 heterocycles. The number of ketones is 1. The normalized spacial score (nSPS) is 10.7. The number of rotatable bonds is 5. The van der Waals surface area contributed by atoms with Crippen LogP contribution in [-0.4, -0.2) is 17.3 Å². The Balaban J connectivity index is 2.09. The first kappa shape index (κ1) is 14.1. The molecule has 0 spiro atoms. The van der Waals surface area contributed by atoms with Crippen molar-refractivity contribution in [3.63, 3.8) is 0 Å². The fraction of sp³-hybridized carbons (Fsp3) is 0.231. The maximum absolute atomic E-state index is 13.0. The van der Waals surface area contributed by atoms with Gasteiger partial charge in [0.1, 0.15) is 11.5 Å². The quantitative estimate of drug-likeness (QED) is 0.864. The number of benzene rings is 1. The number of nitrogens with zero attached hydrogens (tertiary/aromatic N) is 1. The Morgan fingerprint density at radius 3 is 2.95 bits per heavy atom. The highest BCUT2D eigenvalue weighted by atomic mass is 35.5. The van der Waals surface area contributed by atoms with Crippen LogP contribution in [0.1, 0.15) is 21.1 Å². The smallest absolute Gasteiger partial charge is 0.186 e. The lowest BCUT2D eigenvalue weighted by Gasteiger charge is -2.00. The van der Waals surface area contributed by atoms with Gasteiger partial charge in [-0.2, -0.15) is 0 Å². The van der Waals surface area contributed by atoms with Crippen molar-refractivity contribution in [2.75, 3.05) is 6.54 Å². The number of carbonyl (C=O) groups is 1. The first-order chi connectivity index (χ1) is 9.10. The summed E-state index contributed by atoms with van der Waals surface area (Å²) in [7, 11) is 0. The predicted molar refractivity (Wildman–Crippen MR) is 74.3 cm³/mol. The number of Topliss-reactive ketones (excluding diaryl/α,β-unsaturated/α-hetero) is 1. The standard InChI is InChI=1S/C13H12ClFN2OS/c14-9-5-8(1-2-10(9)15)6-12(18)11-7-19-13(17-11)3-4-16/h1-2,5,7H,3-4,6,16H2. The van der Waals surface area contributed by atoms with Crippen molar-refractivity contribution in [1.29, 1.82) is 0 Å². The zero-order chi connectivity index (χ0) is 13.8. The maximum Gasteiger partial charge on any atom is 0.186 e. The Morgan fingerprint density at radius 1 is 1.47 bits per heavy atom. The van der Waals surface area contributed by atoms with Gasteiger partial charge in [0, 0.05) is 18.2 Å². The molecule has 0 aliphatic carbocycles. The van der Waals surface area contributed by atoms with Gasteiger partial charge in [0.15, 0.2) is 5.78 Å². The monoisotopic (exact) mass is 298 g/mol. The highest BCUT2D eigenvalue weighted by Crippen LogP contribution is 2.18. The van der Waals surface area contributed by atoms with Crippen LogP contribution in [0.25, 0.3) is 0 Å². The second-order valence-electron chi connectivity index (χ2n) is 4.01. The number of halogens is 2. The Morgan fingerprint density at radius 2 is 2.26 bits per heavy atom. The summed E-state index contributed by atoms with van der Waals surface area (Å²) in [5.74, 6) is -0.598. The lowest BCUT2D eigenvalue weighted by molar-refractivity contribution is 0.0988. The van der Waals surface area contributed by atoms with Crippen molar-refractivity contribution in [2.45, 2.75) is 12.8 Å². The number of carbonyl (C=O) groups excluding carboxylic acids is 1. The molecule has 1 aromatic heterocycles. The molecule has 19 heavy (non-hydrogen) atoms. The van der Waals surface area contributed by atoms with Gasteiger partial charge in [0.05, 0.1) is 10.0 Å². The largest absolute Gasteiger partial charge is 0.330 e. The molecule has 2 rings (SSSR count). The summed E-state index contributed by atoms with van der Waals surface area (Å²) in [6.07, 6.45) is 0.826. The highest BCUT2D eigenvalue weighted by Gasteiger charge is 2.12. The third-order valence-electron chi connectivity index (χ3n) is 2.54. The van der Waals surface area contributed by atoms with Crippen LogP contribution in [0.4, 0.5) is 4.39 Å². The van der Waals surface area contributed by atoms with Crippen molar-refractivity contribution in [3.8, 4) is 0 Å². The van der Waals surface area contributed by atoms with Crippen LogP contribution in [0.3, 0.4) is 0 Å². The lowest BCUT2D eigenvalue weighted by atomic mass is 10.1. The van der Waals surface area contributed by atoms with E-state index in [1.165, 1.54) is 23.5 Å². The number of hydrogen-bond donors (Lipinski definition) is 1. The van der Waals surface area contributed by atoms with Crippen LogP contribution >= 0.6 is 22.9 Å². The van der Waals surface area contributed by atoms with Gasteiger partial charge >= 0.3 is 0 Å². The molecule has 1 aromatic carbocycles. The van der Waals surface area contributed by atoms with E-state index in [1.54, 1.807) is 11.4 Å². The minimum atomic E-state index is -0.489. The maximum atomic E-state index is 13.0. The summed E-state index contributed by atoms with van der Waals surface area (Å²) in [5.41, 5.74) is 6.53. The zero-order valence-electron chi connectivity index (χ0n) is 10.0. The van der Waals surface area contributed by atoms with Crippen molar-refractivity contribution >= 4 is 28.7 Å². The Hall–Kier alpha value is -1.30. The molecule has 2 aromatic rings. The van der Waals surface area contributed by atoms with E-state index < -0.39 is 5.82 Å². The lowest BCUT2D eigenvalue weighted by Crippen LogP contribution is -2.06. The molecule has 3 nitrogen and oxygen atoms in total. The number of aromatic nitrogens is 1. The van der Waals surface area contributed by atoms with Gasteiger partial charge in [-0.25, -0.2) is 9.37 Å². The molecule has 100 valence electrons. The average Bonchev–Trinajstić information content (AvgIpc) is 2.83. The topological polar surface area (TPSA) is 56.0 Å². The minimum absolute atomic E-state index is 0.0207. The second-order valence-corrected chi connectivity index (χ2v) is 5.36. The van der Waals surface area contributed by atoms with Crippen LogP contribution < -0.4 is 5.73 Å². The summed E-state index contributed by atoms with van der Waals surface area (Å²) in [5, 5.41) is 2.59. The first-order valence-corrected chi connectivity index (χ1v) is 6.97. The van der Waals surface area contributed by atoms with E-state index in [1.807, 2.05) is 0 Å². The van der Waals surface area contributed by atoms with Crippen LogP contribution in [-0.2, 0) is 12.8 Å². The number of nitrogens with two attached hydrogens (primary N) is 1. The molecule has 0 aliphatic rings. The number of thiazole rings is 1. The molecule has 2 N–H and O–H groups in total. The van der Waals surface area contributed by atoms with Gasteiger partial charge in [-0.3, -0.25) is 4.79 Å². The van der Waals surface area contributed by atoms with E-state index in [9.17, 15) is 9.18 Å². The van der Waals surface area contributed by atoms with E-state index in [4.69, 9.17) is 17.3 Å². The van der Waals surface area contributed by atoms with Crippen molar-refractivity contribution in [1.82, 2.24) is 4.98 Å². The number of hydrogen-bond acceptors (Lipinski definition) is 4. The summed E-state index contributed by atoms with van der Waals surface area (Å²) in [6, 6.07) is 4.26. The molecule has 0 bridgehead atoms. The van der Waals surface area contributed by atoms with Crippen LogP contribution in [0.5, 0.6) is 0 Å². The molecule has 0 unspecified atom stereocenters. The van der Waals surface area contributed by atoms with Crippen molar-refractivity contribution in [2.24, 2.45) is 5.73 Å². The first-order valence-electron chi connectivity index (χ1n) is 5.71. The van der Waals surface area contributed by atoms with E-state index in [2.05, 4.69) is 4.98 Å². The Labute approximate surface area is 119 Å². The van der Waals surface area contributed by atoms with Gasteiger partial charge in [0.2, 0.25) is 0 Å². The molecule has 0 atom stereocenters. The summed E-state index contributed by atoms with van der Waals surface area (Å²) < 4.78 is 13.0. The van der Waals surface area contributed by atoms with E-state index in [0.717, 1.165) is 5.01 Å². The molecule has 0 saturated carbocycles. The predicted octanol–water partition coefficient (Wildman–Crippen LogP) is 2.86. The van der Waals surface area contributed by atoms with Gasteiger partial charge in [-0.15, -0.1) is 11.3 Å².